The number of nitrogens with one attached hydrogen (secondary N) is 1. The molecule has 0 fully saturated rings. The van der Waals surface area contributed by atoms with E-state index in [0.29, 0.717) is 17.0 Å². The van der Waals surface area contributed by atoms with Gasteiger partial charge in [0.2, 0.25) is 5.91 Å². The molecule has 0 aliphatic heterocycles. The van der Waals surface area contributed by atoms with Crippen LogP contribution < -0.4 is 15.8 Å². The van der Waals surface area contributed by atoms with Gasteiger partial charge in [-0.15, -0.1) is 0 Å². The van der Waals surface area contributed by atoms with Crippen molar-refractivity contribution in [3.8, 4) is 5.75 Å². The number of amides is 2. The predicted molar refractivity (Wildman–Crippen MR) is 105 cm³/mol. The Balaban J connectivity index is 1.86. The number of carbonyl (C=O) groups excluding carboxylic acids is 3. The van der Waals surface area contributed by atoms with Crippen LogP contribution in [0.1, 0.15) is 42.6 Å². The van der Waals surface area contributed by atoms with E-state index in [2.05, 4.69) is 5.32 Å². The van der Waals surface area contributed by atoms with Crippen molar-refractivity contribution in [1.29, 1.82) is 0 Å². The number of hydrogen-bond donors (Lipinski definition) is 2. The summed E-state index contributed by atoms with van der Waals surface area (Å²) >= 11 is 0. The van der Waals surface area contributed by atoms with Gasteiger partial charge < -0.3 is 20.5 Å². The zero-order valence-corrected chi connectivity index (χ0v) is 16.1. The van der Waals surface area contributed by atoms with Gasteiger partial charge in [0.25, 0.3) is 5.91 Å². The lowest BCUT2D eigenvalue weighted by Gasteiger charge is -2.16. The molecule has 0 aliphatic carbocycles. The zero-order chi connectivity index (χ0) is 20.7. The van der Waals surface area contributed by atoms with Crippen molar-refractivity contribution >= 4 is 23.5 Å². The number of benzene rings is 2. The number of esters is 1. The fourth-order valence-corrected chi connectivity index (χ4v) is 2.47. The number of primary amides is 1. The normalized spacial score (nSPS) is 11.6. The molecule has 3 N–H and O–H groups in total. The molecule has 7 nitrogen and oxygen atoms in total. The van der Waals surface area contributed by atoms with Crippen LogP contribution in [0.25, 0.3) is 0 Å². The van der Waals surface area contributed by atoms with Crippen LogP contribution >= 0.6 is 0 Å². The highest BCUT2D eigenvalue weighted by atomic mass is 16.6. The van der Waals surface area contributed by atoms with E-state index < -0.39 is 23.9 Å². The average Bonchev–Trinajstić information content (AvgIpc) is 2.66. The molecule has 1 atom stereocenters. The second kappa shape index (κ2) is 9.55. The molecule has 148 valence electrons. The molecule has 0 aliphatic rings. The molecule has 0 bridgehead atoms. The van der Waals surface area contributed by atoms with Gasteiger partial charge in [-0.05, 0) is 48.7 Å². The van der Waals surface area contributed by atoms with Gasteiger partial charge in [0.05, 0.1) is 0 Å². The third-order valence-corrected chi connectivity index (χ3v) is 4.00. The molecule has 2 aromatic rings. The van der Waals surface area contributed by atoms with Crippen molar-refractivity contribution in [2.45, 2.75) is 32.8 Å². The van der Waals surface area contributed by atoms with E-state index >= 15 is 0 Å². The Kier molecular flexibility index (Phi) is 7.14. The maximum absolute atomic E-state index is 12.2. The van der Waals surface area contributed by atoms with Crippen LogP contribution in [0.15, 0.2) is 48.5 Å². The summed E-state index contributed by atoms with van der Waals surface area (Å²) in [5, 5.41) is 2.60. The molecule has 0 radical (unpaired) electrons. The van der Waals surface area contributed by atoms with E-state index in [4.69, 9.17) is 15.2 Å². The third kappa shape index (κ3) is 5.84. The van der Waals surface area contributed by atoms with Gasteiger partial charge in [0, 0.05) is 11.3 Å². The summed E-state index contributed by atoms with van der Waals surface area (Å²) in [7, 11) is 0. The number of nitrogens with two attached hydrogens (primary N) is 1. The van der Waals surface area contributed by atoms with Crippen LogP contribution in [0.4, 0.5) is 5.69 Å². The standard InChI is InChI=1S/C21H24N2O5/c1-13(2)17-6-4-5-7-18(17)27-12-19(24)28-14(3)21(26)23-16-10-8-15(9-11-16)20(22)25/h4-11,13-14H,12H2,1-3H3,(H2,22,25)(H,23,26)/t14-/m1/s1. The van der Waals surface area contributed by atoms with Crippen molar-refractivity contribution in [1.82, 2.24) is 0 Å². The topological polar surface area (TPSA) is 108 Å². The molecule has 0 aromatic heterocycles. The highest BCUT2D eigenvalue weighted by Crippen LogP contribution is 2.25. The largest absolute Gasteiger partial charge is 0.482 e. The van der Waals surface area contributed by atoms with Gasteiger partial charge in [-0.1, -0.05) is 32.0 Å². The van der Waals surface area contributed by atoms with Crippen molar-refractivity contribution in [2.24, 2.45) is 5.73 Å². The van der Waals surface area contributed by atoms with E-state index in [1.807, 2.05) is 32.0 Å². The number of ether oxygens (including phenoxy) is 2. The number of carbonyl (C=O) groups is 3. The summed E-state index contributed by atoms with van der Waals surface area (Å²) < 4.78 is 10.7. The number of para-hydroxylation sites is 1. The Hall–Kier alpha value is -3.35. The molecule has 0 unspecified atom stereocenters. The second-order valence-electron chi connectivity index (χ2n) is 6.54. The van der Waals surface area contributed by atoms with Crippen LogP contribution in [0.3, 0.4) is 0 Å². The minimum Gasteiger partial charge on any atom is -0.482 e. The van der Waals surface area contributed by atoms with Gasteiger partial charge in [0.1, 0.15) is 5.75 Å². The first-order valence-corrected chi connectivity index (χ1v) is 8.90. The lowest BCUT2D eigenvalue weighted by atomic mass is 10.0. The Morgan fingerprint density at radius 1 is 1.00 bits per heavy atom. The van der Waals surface area contributed by atoms with Gasteiger partial charge in [-0.25, -0.2) is 4.79 Å². The third-order valence-electron chi connectivity index (χ3n) is 4.00. The molecule has 0 saturated carbocycles. The van der Waals surface area contributed by atoms with Gasteiger partial charge in [-0.3, -0.25) is 9.59 Å². The lowest BCUT2D eigenvalue weighted by Crippen LogP contribution is -2.31. The Morgan fingerprint density at radius 2 is 1.64 bits per heavy atom. The first-order valence-electron chi connectivity index (χ1n) is 8.90. The van der Waals surface area contributed by atoms with E-state index in [9.17, 15) is 14.4 Å². The van der Waals surface area contributed by atoms with E-state index in [1.54, 1.807) is 18.2 Å². The van der Waals surface area contributed by atoms with E-state index in [0.717, 1.165) is 5.56 Å². The van der Waals surface area contributed by atoms with Crippen LogP contribution in [-0.4, -0.2) is 30.5 Å². The zero-order valence-electron chi connectivity index (χ0n) is 16.1. The van der Waals surface area contributed by atoms with Crippen molar-refractivity contribution in [3.63, 3.8) is 0 Å². The first kappa shape index (κ1) is 21.0. The SMILES string of the molecule is CC(C)c1ccccc1OCC(=O)O[C@H](C)C(=O)Nc1ccc(C(N)=O)cc1. The fraction of sp³-hybridized carbons (Fsp3) is 0.286. The summed E-state index contributed by atoms with van der Waals surface area (Å²) in [5.41, 5.74) is 6.94. The highest BCUT2D eigenvalue weighted by molar-refractivity contribution is 5.96. The van der Waals surface area contributed by atoms with Crippen molar-refractivity contribution in [2.75, 3.05) is 11.9 Å². The highest BCUT2D eigenvalue weighted by Gasteiger charge is 2.19. The predicted octanol–water partition coefficient (Wildman–Crippen LogP) is 2.86. The molecule has 28 heavy (non-hydrogen) atoms. The van der Waals surface area contributed by atoms with Crippen LogP contribution in [0.2, 0.25) is 0 Å². The average molecular weight is 384 g/mol. The maximum Gasteiger partial charge on any atom is 0.344 e. The minimum absolute atomic E-state index is 0.248. The number of hydrogen-bond acceptors (Lipinski definition) is 5. The molecule has 2 aromatic carbocycles. The fourth-order valence-electron chi connectivity index (χ4n) is 2.47. The van der Waals surface area contributed by atoms with Gasteiger partial charge >= 0.3 is 5.97 Å². The summed E-state index contributed by atoms with van der Waals surface area (Å²) in [6.45, 7) is 5.23. The minimum atomic E-state index is -1.01. The first-order chi connectivity index (χ1) is 13.3. The Labute approximate surface area is 163 Å². The molecular formula is C21H24N2O5. The molecule has 0 spiro atoms. The summed E-state index contributed by atoms with van der Waals surface area (Å²) in [6.07, 6.45) is -1.01. The quantitative estimate of drug-likeness (QED) is 0.681. The lowest BCUT2D eigenvalue weighted by molar-refractivity contribution is -0.155. The summed E-state index contributed by atoms with van der Waals surface area (Å²) in [6, 6.07) is 13.5. The molecule has 7 heteroatoms. The molecule has 2 rings (SSSR count). The van der Waals surface area contributed by atoms with Crippen molar-refractivity contribution in [3.05, 3.63) is 59.7 Å². The van der Waals surface area contributed by atoms with Crippen LogP contribution in [0.5, 0.6) is 5.75 Å². The summed E-state index contributed by atoms with van der Waals surface area (Å²) in [4.78, 5) is 35.2. The number of rotatable bonds is 8. The molecule has 2 amide bonds. The van der Waals surface area contributed by atoms with E-state index in [1.165, 1.54) is 19.1 Å². The van der Waals surface area contributed by atoms with Gasteiger partial charge in [-0.2, -0.15) is 0 Å². The van der Waals surface area contributed by atoms with Gasteiger partial charge in [0.15, 0.2) is 12.7 Å². The summed E-state index contributed by atoms with van der Waals surface area (Å²) in [5.74, 6) is -0.841. The molecule has 0 saturated heterocycles. The van der Waals surface area contributed by atoms with E-state index in [-0.39, 0.29) is 12.5 Å². The molecule has 0 heterocycles. The van der Waals surface area contributed by atoms with Crippen LogP contribution in [0, 0.1) is 0 Å². The second-order valence-corrected chi connectivity index (χ2v) is 6.54. The van der Waals surface area contributed by atoms with Crippen LogP contribution in [-0.2, 0) is 14.3 Å². The molecular weight excluding hydrogens is 360 g/mol. The Bertz CT molecular complexity index is 846. The Morgan fingerprint density at radius 3 is 2.25 bits per heavy atom. The number of anilines is 1. The smallest absolute Gasteiger partial charge is 0.344 e. The monoisotopic (exact) mass is 384 g/mol. The maximum atomic E-state index is 12.2. The van der Waals surface area contributed by atoms with Crippen molar-refractivity contribution < 1.29 is 23.9 Å².